The number of carbonyl (C=O) groups is 1. The second-order valence-electron chi connectivity index (χ2n) is 6.61. The number of benzene rings is 2. The van der Waals surface area contributed by atoms with E-state index in [-0.39, 0.29) is 29.7 Å². The lowest BCUT2D eigenvalue weighted by atomic mass is 9.63. The van der Waals surface area contributed by atoms with Crippen LogP contribution in [0.25, 0.3) is 0 Å². The molecule has 0 aliphatic heterocycles. The molecule has 2 aromatic carbocycles. The van der Waals surface area contributed by atoms with E-state index in [4.69, 9.17) is 5.73 Å². The van der Waals surface area contributed by atoms with E-state index in [9.17, 15) is 17.6 Å². The zero-order chi connectivity index (χ0) is 19.5. The smallest absolute Gasteiger partial charge is 0.240 e. The average molecular weight is 391 g/mol. The van der Waals surface area contributed by atoms with Gasteiger partial charge in [-0.2, -0.15) is 0 Å². The molecule has 0 spiro atoms. The maximum Gasteiger partial charge on any atom is 0.240 e. The fraction of sp³-hybridized carbons (Fsp3) is 0.316. The van der Waals surface area contributed by atoms with Gasteiger partial charge in [-0.3, -0.25) is 4.79 Å². The molecule has 1 aliphatic rings. The van der Waals surface area contributed by atoms with E-state index in [0.717, 1.165) is 6.42 Å². The van der Waals surface area contributed by atoms with Crippen molar-refractivity contribution < 1.29 is 17.6 Å². The van der Waals surface area contributed by atoms with Gasteiger partial charge >= 0.3 is 0 Å². The third kappa shape index (κ3) is 4.02. The quantitative estimate of drug-likeness (QED) is 0.673. The van der Waals surface area contributed by atoms with Crippen LogP contribution in [0.15, 0.2) is 53.4 Å². The first-order chi connectivity index (χ1) is 12.9. The van der Waals surface area contributed by atoms with Crippen molar-refractivity contribution in [2.24, 2.45) is 5.73 Å². The van der Waals surface area contributed by atoms with Crippen molar-refractivity contribution in [1.82, 2.24) is 4.72 Å². The molecule has 0 saturated heterocycles. The highest BCUT2D eigenvalue weighted by Crippen LogP contribution is 2.44. The number of amides is 1. The molecular formula is C19H22FN3O3S. The zero-order valence-electron chi connectivity index (χ0n) is 14.7. The summed E-state index contributed by atoms with van der Waals surface area (Å²) in [5.41, 5.74) is 5.56. The number of rotatable bonds is 7. The largest absolute Gasteiger partial charge is 0.329 e. The van der Waals surface area contributed by atoms with Gasteiger partial charge in [0.25, 0.3) is 0 Å². The number of nitrogens with one attached hydrogen (secondary N) is 2. The number of sulfonamides is 1. The molecule has 27 heavy (non-hydrogen) atoms. The standard InChI is InChI=1S/C19H22FN3O3S/c20-15-5-1-4-14(12-15)19(8-3-9-19)18(24)23-16-6-2-7-17(13-16)27(25,26)22-11-10-21/h1-2,4-7,12-13,22H,3,8-11,21H2,(H,23,24). The molecule has 2 aromatic rings. The Balaban J connectivity index is 1.83. The number of nitrogens with two attached hydrogens (primary N) is 1. The Morgan fingerprint density at radius 3 is 2.52 bits per heavy atom. The van der Waals surface area contributed by atoms with Gasteiger partial charge in [-0.05, 0) is 48.7 Å². The summed E-state index contributed by atoms with van der Waals surface area (Å²) in [7, 11) is -3.70. The summed E-state index contributed by atoms with van der Waals surface area (Å²) in [5, 5.41) is 2.79. The van der Waals surface area contributed by atoms with E-state index >= 15 is 0 Å². The first-order valence-corrected chi connectivity index (χ1v) is 10.2. The molecule has 1 amide bonds. The van der Waals surface area contributed by atoms with Crippen molar-refractivity contribution in [2.45, 2.75) is 29.6 Å². The molecule has 3 rings (SSSR count). The van der Waals surface area contributed by atoms with Crippen LogP contribution in [0.3, 0.4) is 0 Å². The summed E-state index contributed by atoms with van der Waals surface area (Å²) < 4.78 is 40.5. The maximum atomic E-state index is 13.6. The first kappa shape index (κ1) is 19.5. The van der Waals surface area contributed by atoms with Crippen LogP contribution >= 0.6 is 0 Å². The maximum absolute atomic E-state index is 13.6. The Kier molecular flexibility index (Phi) is 5.59. The molecule has 0 bridgehead atoms. The predicted molar refractivity (Wildman–Crippen MR) is 101 cm³/mol. The van der Waals surface area contributed by atoms with Gasteiger partial charge in [0.05, 0.1) is 10.3 Å². The van der Waals surface area contributed by atoms with Gasteiger partial charge in [0.1, 0.15) is 5.82 Å². The van der Waals surface area contributed by atoms with Gasteiger partial charge in [-0.15, -0.1) is 0 Å². The molecule has 1 aliphatic carbocycles. The van der Waals surface area contributed by atoms with E-state index in [1.165, 1.54) is 24.3 Å². The Morgan fingerprint density at radius 2 is 1.89 bits per heavy atom. The van der Waals surface area contributed by atoms with Crippen LogP contribution in [0.1, 0.15) is 24.8 Å². The molecule has 0 radical (unpaired) electrons. The Morgan fingerprint density at radius 1 is 1.15 bits per heavy atom. The van der Waals surface area contributed by atoms with Crippen molar-refractivity contribution in [2.75, 3.05) is 18.4 Å². The molecule has 0 unspecified atom stereocenters. The van der Waals surface area contributed by atoms with Crippen LogP contribution in [0.4, 0.5) is 10.1 Å². The Labute approximate surface area is 158 Å². The summed E-state index contributed by atoms with van der Waals surface area (Å²) in [5.74, 6) is -0.644. The lowest BCUT2D eigenvalue weighted by Gasteiger charge is -2.40. The monoisotopic (exact) mass is 391 g/mol. The molecule has 8 heteroatoms. The normalized spacial score (nSPS) is 15.8. The van der Waals surface area contributed by atoms with E-state index < -0.39 is 15.4 Å². The fourth-order valence-corrected chi connectivity index (χ4v) is 4.32. The number of carbonyl (C=O) groups excluding carboxylic acids is 1. The van der Waals surface area contributed by atoms with Crippen LogP contribution in [0.5, 0.6) is 0 Å². The van der Waals surface area contributed by atoms with E-state index in [2.05, 4.69) is 10.0 Å². The molecule has 0 aromatic heterocycles. The van der Waals surface area contributed by atoms with Gasteiger partial charge in [0.2, 0.25) is 15.9 Å². The third-order valence-corrected chi connectivity index (χ3v) is 6.32. The van der Waals surface area contributed by atoms with Crippen molar-refractivity contribution in [3.8, 4) is 0 Å². The van der Waals surface area contributed by atoms with E-state index in [1.54, 1.807) is 24.3 Å². The summed E-state index contributed by atoms with van der Waals surface area (Å²) >= 11 is 0. The second-order valence-corrected chi connectivity index (χ2v) is 8.38. The Hall–Kier alpha value is -2.29. The van der Waals surface area contributed by atoms with Gasteiger partial charge in [0, 0.05) is 18.8 Å². The summed E-state index contributed by atoms with van der Waals surface area (Å²) in [6.45, 7) is 0.313. The van der Waals surface area contributed by atoms with Crippen molar-refractivity contribution in [3.63, 3.8) is 0 Å². The lowest BCUT2D eigenvalue weighted by molar-refractivity contribution is -0.124. The van der Waals surface area contributed by atoms with Gasteiger partial charge in [-0.25, -0.2) is 17.5 Å². The SMILES string of the molecule is NCCNS(=O)(=O)c1cccc(NC(=O)C2(c3cccc(F)c3)CCC2)c1. The number of halogens is 1. The first-order valence-electron chi connectivity index (χ1n) is 8.75. The van der Waals surface area contributed by atoms with Gasteiger partial charge in [-0.1, -0.05) is 24.6 Å². The minimum Gasteiger partial charge on any atom is -0.329 e. The van der Waals surface area contributed by atoms with Crippen molar-refractivity contribution >= 4 is 21.6 Å². The van der Waals surface area contributed by atoms with Crippen LogP contribution in [-0.4, -0.2) is 27.4 Å². The molecule has 0 atom stereocenters. The lowest BCUT2D eigenvalue weighted by Crippen LogP contribution is -2.46. The fourth-order valence-electron chi connectivity index (χ4n) is 3.23. The van der Waals surface area contributed by atoms with Gasteiger partial charge in [0.15, 0.2) is 0 Å². The highest BCUT2D eigenvalue weighted by atomic mass is 32.2. The number of hydrogen-bond donors (Lipinski definition) is 3. The highest BCUT2D eigenvalue weighted by Gasteiger charge is 2.45. The number of hydrogen-bond acceptors (Lipinski definition) is 4. The minimum atomic E-state index is -3.70. The van der Waals surface area contributed by atoms with Crippen LogP contribution in [0.2, 0.25) is 0 Å². The zero-order valence-corrected chi connectivity index (χ0v) is 15.6. The molecule has 1 fully saturated rings. The summed E-state index contributed by atoms with van der Waals surface area (Å²) in [6.07, 6.45) is 2.12. The highest BCUT2D eigenvalue weighted by molar-refractivity contribution is 7.89. The summed E-state index contributed by atoms with van der Waals surface area (Å²) in [6, 6.07) is 12.1. The van der Waals surface area contributed by atoms with Crippen molar-refractivity contribution in [1.29, 1.82) is 0 Å². The van der Waals surface area contributed by atoms with Crippen LogP contribution < -0.4 is 15.8 Å². The van der Waals surface area contributed by atoms with Crippen molar-refractivity contribution in [3.05, 3.63) is 59.9 Å². The minimum absolute atomic E-state index is 0.0437. The average Bonchev–Trinajstić information content (AvgIpc) is 2.59. The molecule has 144 valence electrons. The predicted octanol–water partition coefficient (Wildman–Crippen LogP) is 2.12. The molecular weight excluding hydrogens is 369 g/mol. The molecule has 1 saturated carbocycles. The molecule has 4 N–H and O–H groups in total. The molecule has 0 heterocycles. The number of anilines is 1. The third-order valence-electron chi connectivity index (χ3n) is 4.86. The Bertz CT molecular complexity index is 943. The van der Waals surface area contributed by atoms with Crippen LogP contribution in [0, 0.1) is 5.82 Å². The van der Waals surface area contributed by atoms with E-state index in [1.807, 2.05) is 0 Å². The van der Waals surface area contributed by atoms with Crippen LogP contribution in [-0.2, 0) is 20.2 Å². The topological polar surface area (TPSA) is 101 Å². The molecule has 6 nitrogen and oxygen atoms in total. The van der Waals surface area contributed by atoms with Gasteiger partial charge < -0.3 is 11.1 Å². The second kappa shape index (κ2) is 7.75. The summed E-state index contributed by atoms with van der Waals surface area (Å²) in [4.78, 5) is 13.0. The van der Waals surface area contributed by atoms with E-state index in [0.29, 0.717) is 24.1 Å².